The van der Waals surface area contributed by atoms with Crippen LogP contribution in [0.3, 0.4) is 0 Å². The van der Waals surface area contributed by atoms with Crippen molar-refractivity contribution in [2.24, 2.45) is 0 Å². The molecule has 2 aliphatic rings. The first-order valence-corrected chi connectivity index (χ1v) is 4.39. The predicted octanol–water partition coefficient (Wildman–Crippen LogP) is 3.38. The first-order chi connectivity index (χ1) is 5.17. The van der Waals surface area contributed by atoms with E-state index in [-0.39, 0.29) is 0 Å². The number of rotatable bonds is 0. The molecule has 0 unspecified atom stereocenters. The minimum Gasteiger partial charge on any atom is -0.0966 e. The quantitative estimate of drug-likeness (QED) is 0.510. The van der Waals surface area contributed by atoms with Crippen LogP contribution in [0.2, 0.25) is 0 Å². The number of allylic oxidation sites excluding steroid dienone is 6. The van der Waals surface area contributed by atoms with Gasteiger partial charge in [0.1, 0.15) is 4.33 Å². The lowest BCUT2D eigenvalue weighted by atomic mass is 9.99. The molecule has 0 fully saturated rings. The lowest BCUT2D eigenvalue weighted by Crippen LogP contribution is -2.12. The summed E-state index contributed by atoms with van der Waals surface area (Å²) in [4.78, 5) is 0. The molecular formula is C9H8Cl2. The third-order valence-electron chi connectivity index (χ3n) is 2.03. The van der Waals surface area contributed by atoms with E-state index in [1.54, 1.807) is 0 Å². The van der Waals surface area contributed by atoms with E-state index in [2.05, 4.69) is 12.2 Å². The molecular weight excluding hydrogens is 179 g/mol. The van der Waals surface area contributed by atoms with Crippen LogP contribution in [0.5, 0.6) is 0 Å². The van der Waals surface area contributed by atoms with Crippen molar-refractivity contribution in [1.29, 1.82) is 0 Å². The summed E-state index contributed by atoms with van der Waals surface area (Å²) in [5, 5.41) is 0. The Balaban J connectivity index is 2.29. The summed E-state index contributed by atoms with van der Waals surface area (Å²) in [7, 11) is 0. The van der Waals surface area contributed by atoms with E-state index in [9.17, 15) is 0 Å². The molecule has 0 radical (unpaired) electrons. The predicted molar refractivity (Wildman–Crippen MR) is 49.0 cm³/mol. The first kappa shape index (κ1) is 7.45. The van der Waals surface area contributed by atoms with E-state index < -0.39 is 4.33 Å². The SMILES string of the molecule is ClC1(Cl)C=CC2=C(CC=C2)C1. The van der Waals surface area contributed by atoms with Crippen LogP contribution in [0.4, 0.5) is 0 Å². The van der Waals surface area contributed by atoms with E-state index in [1.807, 2.05) is 12.2 Å². The van der Waals surface area contributed by atoms with Gasteiger partial charge in [0.05, 0.1) is 0 Å². The molecule has 2 aliphatic carbocycles. The van der Waals surface area contributed by atoms with Gasteiger partial charge in [-0.25, -0.2) is 0 Å². The average molecular weight is 187 g/mol. The van der Waals surface area contributed by atoms with Crippen molar-refractivity contribution in [2.45, 2.75) is 17.2 Å². The number of hydrogen-bond donors (Lipinski definition) is 0. The van der Waals surface area contributed by atoms with Crippen LogP contribution in [0, 0.1) is 0 Å². The Morgan fingerprint density at radius 1 is 1.27 bits per heavy atom. The fourth-order valence-corrected chi connectivity index (χ4v) is 1.92. The zero-order valence-electron chi connectivity index (χ0n) is 5.98. The van der Waals surface area contributed by atoms with E-state index >= 15 is 0 Å². The Kier molecular flexibility index (Phi) is 1.62. The number of halogens is 2. The van der Waals surface area contributed by atoms with Crippen LogP contribution in [0.25, 0.3) is 0 Å². The van der Waals surface area contributed by atoms with E-state index in [0.29, 0.717) is 0 Å². The molecule has 2 rings (SSSR count). The molecule has 0 aromatic heterocycles. The molecule has 0 N–H and O–H groups in total. The summed E-state index contributed by atoms with van der Waals surface area (Å²) in [6, 6.07) is 0. The molecule has 0 aromatic rings. The molecule has 0 aromatic carbocycles. The summed E-state index contributed by atoms with van der Waals surface area (Å²) in [5.41, 5.74) is 2.65. The van der Waals surface area contributed by atoms with Gasteiger partial charge in [0, 0.05) is 6.42 Å². The normalized spacial score (nSPS) is 26.0. The summed E-state index contributed by atoms with van der Waals surface area (Å²) in [6.07, 6.45) is 9.90. The highest BCUT2D eigenvalue weighted by Gasteiger charge is 2.27. The van der Waals surface area contributed by atoms with E-state index in [0.717, 1.165) is 12.8 Å². The molecule has 2 heteroatoms. The number of alkyl halides is 2. The van der Waals surface area contributed by atoms with Gasteiger partial charge in [-0.05, 0) is 18.1 Å². The fraction of sp³-hybridized carbons (Fsp3) is 0.333. The summed E-state index contributed by atoms with van der Waals surface area (Å²) >= 11 is 11.9. The van der Waals surface area contributed by atoms with Crippen LogP contribution < -0.4 is 0 Å². The maximum absolute atomic E-state index is 5.96. The molecule has 0 saturated heterocycles. The van der Waals surface area contributed by atoms with Crippen molar-refractivity contribution in [3.63, 3.8) is 0 Å². The van der Waals surface area contributed by atoms with Crippen molar-refractivity contribution >= 4 is 23.2 Å². The van der Waals surface area contributed by atoms with Gasteiger partial charge in [-0.1, -0.05) is 47.0 Å². The Bertz CT molecular complexity index is 269. The van der Waals surface area contributed by atoms with Crippen LogP contribution >= 0.6 is 23.2 Å². The summed E-state index contributed by atoms with van der Waals surface area (Å²) in [6.45, 7) is 0. The topological polar surface area (TPSA) is 0 Å². The van der Waals surface area contributed by atoms with Gasteiger partial charge >= 0.3 is 0 Å². The molecule has 0 spiro atoms. The lowest BCUT2D eigenvalue weighted by molar-refractivity contribution is 0.875. The second-order valence-electron chi connectivity index (χ2n) is 2.94. The molecule has 0 nitrogen and oxygen atoms in total. The summed E-state index contributed by atoms with van der Waals surface area (Å²) in [5.74, 6) is 0. The molecule has 0 saturated carbocycles. The Hall–Kier alpha value is -0.200. The van der Waals surface area contributed by atoms with Crippen molar-refractivity contribution < 1.29 is 0 Å². The zero-order valence-corrected chi connectivity index (χ0v) is 7.49. The van der Waals surface area contributed by atoms with Crippen LogP contribution in [-0.4, -0.2) is 4.33 Å². The second-order valence-corrected chi connectivity index (χ2v) is 4.48. The summed E-state index contributed by atoms with van der Waals surface area (Å²) < 4.78 is -0.662. The van der Waals surface area contributed by atoms with Gasteiger partial charge in [-0.3, -0.25) is 0 Å². The zero-order chi connectivity index (χ0) is 7.90. The Morgan fingerprint density at radius 2 is 2.09 bits per heavy atom. The largest absolute Gasteiger partial charge is 0.140 e. The first-order valence-electron chi connectivity index (χ1n) is 3.63. The second kappa shape index (κ2) is 2.40. The van der Waals surface area contributed by atoms with E-state index in [4.69, 9.17) is 23.2 Å². The molecule has 0 bridgehead atoms. The van der Waals surface area contributed by atoms with Gasteiger partial charge in [0.25, 0.3) is 0 Å². The van der Waals surface area contributed by atoms with Crippen molar-refractivity contribution in [1.82, 2.24) is 0 Å². The van der Waals surface area contributed by atoms with Crippen LogP contribution in [0.15, 0.2) is 35.5 Å². The van der Waals surface area contributed by atoms with Crippen LogP contribution in [-0.2, 0) is 0 Å². The Labute approximate surface area is 76.2 Å². The molecule has 0 heterocycles. The lowest BCUT2D eigenvalue weighted by Gasteiger charge is -2.20. The maximum Gasteiger partial charge on any atom is 0.140 e. The third-order valence-corrected chi connectivity index (χ3v) is 2.54. The molecule has 0 atom stereocenters. The van der Waals surface area contributed by atoms with Gasteiger partial charge in [0.15, 0.2) is 0 Å². The number of hydrogen-bond acceptors (Lipinski definition) is 0. The molecule has 0 amide bonds. The average Bonchev–Trinajstić information content (AvgIpc) is 2.31. The minimum atomic E-state index is -0.662. The van der Waals surface area contributed by atoms with Gasteiger partial charge < -0.3 is 0 Å². The van der Waals surface area contributed by atoms with Crippen molar-refractivity contribution in [2.75, 3.05) is 0 Å². The Morgan fingerprint density at radius 3 is 2.91 bits per heavy atom. The molecule has 58 valence electrons. The monoisotopic (exact) mass is 186 g/mol. The minimum absolute atomic E-state index is 0.662. The fourth-order valence-electron chi connectivity index (χ4n) is 1.47. The van der Waals surface area contributed by atoms with Crippen molar-refractivity contribution in [3.8, 4) is 0 Å². The highest BCUT2D eigenvalue weighted by molar-refractivity contribution is 6.50. The third kappa shape index (κ3) is 1.38. The molecule has 0 aliphatic heterocycles. The van der Waals surface area contributed by atoms with E-state index in [1.165, 1.54) is 11.1 Å². The van der Waals surface area contributed by atoms with Crippen LogP contribution in [0.1, 0.15) is 12.8 Å². The van der Waals surface area contributed by atoms with Gasteiger partial charge in [-0.15, -0.1) is 0 Å². The van der Waals surface area contributed by atoms with Gasteiger partial charge in [0.2, 0.25) is 0 Å². The standard InChI is InChI=1S/C9H8Cl2/c10-9(11)5-4-7-2-1-3-8(7)6-9/h1-2,4-5H,3,6H2. The van der Waals surface area contributed by atoms with Crippen molar-refractivity contribution in [3.05, 3.63) is 35.5 Å². The molecule has 11 heavy (non-hydrogen) atoms. The smallest absolute Gasteiger partial charge is 0.0966 e. The maximum atomic E-state index is 5.96. The highest BCUT2D eigenvalue weighted by Crippen LogP contribution is 2.39. The highest BCUT2D eigenvalue weighted by atomic mass is 35.5. The van der Waals surface area contributed by atoms with Gasteiger partial charge in [-0.2, -0.15) is 0 Å².